The van der Waals surface area contributed by atoms with Crippen LogP contribution in [0.4, 0.5) is 13.2 Å². The van der Waals surface area contributed by atoms with Crippen LogP contribution in [0.2, 0.25) is 5.02 Å². The van der Waals surface area contributed by atoms with Crippen molar-refractivity contribution in [3.8, 4) is 11.3 Å². The van der Waals surface area contributed by atoms with Crippen molar-refractivity contribution in [3.05, 3.63) is 35.5 Å². The Morgan fingerprint density at radius 1 is 1.25 bits per heavy atom. The molecule has 0 radical (unpaired) electrons. The molecule has 0 fully saturated rings. The normalized spacial score (nSPS) is 12.1. The van der Waals surface area contributed by atoms with Crippen LogP contribution in [0.25, 0.3) is 22.3 Å². The second kappa shape index (κ2) is 7.83. The van der Waals surface area contributed by atoms with E-state index in [1.165, 1.54) is 11.2 Å². The predicted octanol–water partition coefficient (Wildman–Crippen LogP) is 4.66. The molecule has 0 saturated carbocycles. The summed E-state index contributed by atoms with van der Waals surface area (Å²) in [5.74, 6) is -0.457. The van der Waals surface area contributed by atoms with Crippen LogP contribution in [0, 0.1) is 5.92 Å². The third kappa shape index (κ3) is 4.46. The van der Waals surface area contributed by atoms with Crippen LogP contribution in [0.1, 0.15) is 30.8 Å². The Labute approximate surface area is 164 Å². The number of fused-ring (bicyclic) bond motifs is 1. The van der Waals surface area contributed by atoms with Gasteiger partial charge < -0.3 is 14.9 Å². The number of halogens is 4. The molecule has 0 atom stereocenters. The number of nitrogens with zero attached hydrogens (tertiary/aromatic N) is 3. The number of alkyl halides is 3. The monoisotopic (exact) mass is 413 g/mol. The number of carbonyl (C=O) groups is 1. The lowest BCUT2D eigenvalue weighted by Crippen LogP contribution is -2.37. The quantitative estimate of drug-likeness (QED) is 0.617. The van der Waals surface area contributed by atoms with E-state index in [1.807, 2.05) is 13.8 Å². The van der Waals surface area contributed by atoms with Gasteiger partial charge in [-0.1, -0.05) is 25.4 Å². The molecule has 28 heavy (non-hydrogen) atoms. The maximum atomic E-state index is 12.8. The molecule has 3 aromatic rings. The van der Waals surface area contributed by atoms with Crippen LogP contribution in [-0.2, 0) is 0 Å². The average molecular weight is 414 g/mol. The van der Waals surface area contributed by atoms with Gasteiger partial charge in [-0.25, -0.2) is 9.97 Å². The van der Waals surface area contributed by atoms with Crippen LogP contribution in [0.3, 0.4) is 0 Å². The SMILES string of the molecule is CC(C)CN(CCC(F)(F)F)C(=O)c1cc(-c2ncnc3[nH]cc(Cl)c23)c[nH]1. The maximum absolute atomic E-state index is 12.8. The number of hydrogen-bond acceptors (Lipinski definition) is 3. The van der Waals surface area contributed by atoms with Gasteiger partial charge in [-0.05, 0) is 12.0 Å². The highest BCUT2D eigenvalue weighted by Gasteiger charge is 2.30. The second-order valence-corrected chi connectivity index (χ2v) is 7.30. The molecule has 0 bridgehead atoms. The smallest absolute Gasteiger partial charge is 0.357 e. The average Bonchev–Trinajstić information content (AvgIpc) is 3.24. The zero-order valence-corrected chi connectivity index (χ0v) is 16.0. The molecule has 0 saturated heterocycles. The van der Waals surface area contributed by atoms with Gasteiger partial charge in [0, 0.05) is 31.0 Å². The van der Waals surface area contributed by atoms with Crippen molar-refractivity contribution in [2.75, 3.05) is 13.1 Å². The second-order valence-electron chi connectivity index (χ2n) is 6.89. The van der Waals surface area contributed by atoms with Crippen LogP contribution in [-0.4, -0.2) is 50.0 Å². The first kappa shape index (κ1) is 20.2. The first-order valence-electron chi connectivity index (χ1n) is 8.68. The Hall–Kier alpha value is -2.55. The van der Waals surface area contributed by atoms with E-state index in [-0.39, 0.29) is 18.2 Å². The van der Waals surface area contributed by atoms with E-state index in [1.54, 1.807) is 18.5 Å². The summed E-state index contributed by atoms with van der Waals surface area (Å²) >= 11 is 6.19. The topological polar surface area (TPSA) is 77.7 Å². The molecule has 0 aliphatic carbocycles. The molecule has 0 aromatic carbocycles. The summed E-state index contributed by atoms with van der Waals surface area (Å²) in [5.41, 5.74) is 1.86. The largest absolute Gasteiger partial charge is 0.390 e. The minimum absolute atomic E-state index is 0.0340. The molecular weight excluding hydrogens is 395 g/mol. The van der Waals surface area contributed by atoms with Gasteiger partial charge in [0.2, 0.25) is 0 Å². The summed E-state index contributed by atoms with van der Waals surface area (Å²) in [6.45, 7) is 3.53. The van der Waals surface area contributed by atoms with E-state index >= 15 is 0 Å². The Balaban J connectivity index is 1.88. The lowest BCUT2D eigenvalue weighted by atomic mass is 10.1. The number of rotatable bonds is 6. The highest BCUT2D eigenvalue weighted by Crippen LogP contribution is 2.31. The van der Waals surface area contributed by atoms with E-state index in [0.717, 1.165) is 0 Å². The first-order chi connectivity index (χ1) is 13.2. The molecular formula is C18H19ClF3N5O. The molecule has 150 valence electrons. The van der Waals surface area contributed by atoms with Crippen LogP contribution in [0.5, 0.6) is 0 Å². The number of carbonyl (C=O) groups excluding carboxylic acids is 1. The van der Waals surface area contributed by atoms with Crippen LogP contribution < -0.4 is 0 Å². The van der Waals surface area contributed by atoms with Crippen LogP contribution in [0.15, 0.2) is 24.8 Å². The van der Waals surface area contributed by atoms with Crippen molar-refractivity contribution >= 4 is 28.5 Å². The fourth-order valence-corrected chi connectivity index (χ4v) is 3.18. The highest BCUT2D eigenvalue weighted by molar-refractivity contribution is 6.36. The third-order valence-corrected chi connectivity index (χ3v) is 4.44. The minimum Gasteiger partial charge on any atom is -0.357 e. The van der Waals surface area contributed by atoms with Gasteiger partial charge in [-0.2, -0.15) is 13.2 Å². The Morgan fingerprint density at radius 2 is 2.00 bits per heavy atom. The number of hydrogen-bond donors (Lipinski definition) is 2. The molecule has 1 amide bonds. The van der Waals surface area contributed by atoms with Crippen molar-refractivity contribution in [2.45, 2.75) is 26.4 Å². The zero-order valence-electron chi connectivity index (χ0n) is 15.3. The van der Waals surface area contributed by atoms with Crippen LogP contribution >= 0.6 is 11.6 Å². The molecule has 2 N–H and O–H groups in total. The Bertz CT molecular complexity index is 979. The summed E-state index contributed by atoms with van der Waals surface area (Å²) < 4.78 is 37.9. The van der Waals surface area contributed by atoms with E-state index in [4.69, 9.17) is 11.6 Å². The fraction of sp³-hybridized carbons (Fsp3) is 0.389. The van der Waals surface area contributed by atoms with Crippen molar-refractivity contribution in [1.29, 1.82) is 0 Å². The van der Waals surface area contributed by atoms with Crippen molar-refractivity contribution in [3.63, 3.8) is 0 Å². The summed E-state index contributed by atoms with van der Waals surface area (Å²) in [5, 5.41) is 1.05. The standard InChI is InChI=1S/C18H19ClF3N5O/c1-10(2)8-27(4-3-18(20,21)22)17(28)13-5-11(6-23-13)15-14-12(19)7-24-16(14)26-9-25-15/h5-7,9-10,23H,3-4,8H2,1-2H3,(H,24,25,26). The fourth-order valence-electron chi connectivity index (χ4n) is 2.95. The Kier molecular flexibility index (Phi) is 5.64. The van der Waals surface area contributed by atoms with E-state index < -0.39 is 25.0 Å². The zero-order chi connectivity index (χ0) is 20.5. The first-order valence-corrected chi connectivity index (χ1v) is 9.06. The molecule has 3 aromatic heterocycles. The van der Waals surface area contributed by atoms with Gasteiger partial charge in [0.15, 0.2) is 0 Å². The number of aromatic amines is 2. The van der Waals surface area contributed by atoms with Crippen molar-refractivity contribution in [1.82, 2.24) is 24.8 Å². The number of nitrogens with one attached hydrogen (secondary N) is 2. The van der Waals surface area contributed by atoms with E-state index in [0.29, 0.717) is 27.3 Å². The summed E-state index contributed by atoms with van der Waals surface area (Å²) in [6.07, 6.45) is -0.841. The predicted molar refractivity (Wildman–Crippen MR) is 100 cm³/mol. The molecule has 6 nitrogen and oxygen atoms in total. The van der Waals surface area contributed by atoms with Crippen molar-refractivity contribution in [2.24, 2.45) is 5.92 Å². The molecule has 10 heteroatoms. The lowest BCUT2D eigenvalue weighted by Gasteiger charge is -2.24. The molecule has 0 spiro atoms. The minimum atomic E-state index is -4.33. The summed E-state index contributed by atoms with van der Waals surface area (Å²) in [4.78, 5) is 28.1. The number of amides is 1. The molecule has 3 heterocycles. The van der Waals surface area contributed by atoms with Gasteiger partial charge in [-0.3, -0.25) is 4.79 Å². The van der Waals surface area contributed by atoms with Gasteiger partial charge in [0.25, 0.3) is 5.91 Å². The molecule has 0 aliphatic heterocycles. The molecule has 3 rings (SSSR count). The summed E-state index contributed by atoms with van der Waals surface area (Å²) in [6, 6.07) is 1.56. The summed E-state index contributed by atoms with van der Waals surface area (Å²) in [7, 11) is 0. The molecule has 0 aliphatic rings. The maximum Gasteiger partial charge on any atom is 0.390 e. The highest BCUT2D eigenvalue weighted by atomic mass is 35.5. The van der Waals surface area contributed by atoms with Gasteiger partial charge in [0.1, 0.15) is 17.7 Å². The van der Waals surface area contributed by atoms with E-state index in [9.17, 15) is 18.0 Å². The van der Waals surface area contributed by atoms with Gasteiger partial charge in [0.05, 0.1) is 22.5 Å². The van der Waals surface area contributed by atoms with E-state index in [2.05, 4.69) is 19.9 Å². The van der Waals surface area contributed by atoms with Crippen molar-refractivity contribution < 1.29 is 18.0 Å². The number of H-pyrrole nitrogens is 2. The number of aromatic nitrogens is 4. The third-order valence-electron chi connectivity index (χ3n) is 4.15. The van der Waals surface area contributed by atoms with Gasteiger partial charge >= 0.3 is 6.18 Å². The van der Waals surface area contributed by atoms with Gasteiger partial charge in [-0.15, -0.1) is 0 Å². The molecule has 0 unspecified atom stereocenters. The lowest BCUT2D eigenvalue weighted by molar-refractivity contribution is -0.136. The Morgan fingerprint density at radius 3 is 2.68 bits per heavy atom.